The van der Waals surface area contributed by atoms with E-state index < -0.39 is 6.09 Å². The van der Waals surface area contributed by atoms with E-state index in [1.54, 1.807) is 18.7 Å². The molecule has 0 unspecified atom stereocenters. The van der Waals surface area contributed by atoms with Crippen molar-refractivity contribution in [2.75, 3.05) is 24.7 Å². The van der Waals surface area contributed by atoms with Crippen LogP contribution in [-0.4, -0.2) is 41.0 Å². The highest BCUT2D eigenvalue weighted by Gasteiger charge is 2.12. The molecule has 0 bridgehead atoms. The van der Waals surface area contributed by atoms with Crippen LogP contribution < -0.4 is 5.32 Å². The predicted molar refractivity (Wildman–Crippen MR) is 62.4 cm³/mol. The third-order valence-corrected chi connectivity index (χ3v) is 3.65. The quantitative estimate of drug-likeness (QED) is 0.810. The molecular formula is C8H12N2O3S2. The molecule has 2 amide bonds. The summed E-state index contributed by atoms with van der Waals surface area (Å²) >= 11 is 2.98. The standard InChI is InChI=1S/C8H12N2O3S2/c1-2-13-7(12)10-6(11)5-15-8-9-3-4-14-8/h2-5H2,1H3,(H,10,11,12). The minimum Gasteiger partial charge on any atom is -0.450 e. The number of hydrogen-bond acceptors (Lipinski definition) is 6. The van der Waals surface area contributed by atoms with Crippen LogP contribution in [0.1, 0.15) is 6.92 Å². The SMILES string of the molecule is CCOC(=O)NC(=O)CSC1=NCCS1. The van der Waals surface area contributed by atoms with Crippen molar-refractivity contribution < 1.29 is 14.3 Å². The number of aliphatic imine (C=N–C) groups is 1. The summed E-state index contributed by atoms with van der Waals surface area (Å²) in [7, 11) is 0. The van der Waals surface area contributed by atoms with E-state index in [1.165, 1.54) is 11.8 Å². The summed E-state index contributed by atoms with van der Waals surface area (Å²) in [6.07, 6.45) is -0.691. The Hall–Kier alpha value is -0.690. The Kier molecular flexibility index (Phi) is 5.56. The van der Waals surface area contributed by atoms with Crippen LogP contribution in [0.3, 0.4) is 0 Å². The van der Waals surface area contributed by atoms with E-state index in [1.807, 2.05) is 0 Å². The molecule has 1 rings (SSSR count). The first-order chi connectivity index (χ1) is 7.22. The fourth-order valence-electron chi connectivity index (χ4n) is 0.847. The van der Waals surface area contributed by atoms with Crippen LogP contribution in [0, 0.1) is 0 Å². The zero-order chi connectivity index (χ0) is 11.1. The molecule has 1 aliphatic rings. The summed E-state index contributed by atoms with van der Waals surface area (Å²) in [5, 5.41) is 2.12. The molecule has 0 spiro atoms. The van der Waals surface area contributed by atoms with Crippen molar-refractivity contribution in [1.29, 1.82) is 0 Å². The fraction of sp³-hybridized carbons (Fsp3) is 0.625. The van der Waals surface area contributed by atoms with E-state index >= 15 is 0 Å². The van der Waals surface area contributed by atoms with Gasteiger partial charge in [0.2, 0.25) is 5.91 Å². The highest BCUT2D eigenvalue weighted by molar-refractivity contribution is 8.39. The topological polar surface area (TPSA) is 67.8 Å². The summed E-state index contributed by atoms with van der Waals surface area (Å²) in [5.41, 5.74) is 0. The maximum absolute atomic E-state index is 11.2. The molecule has 5 nitrogen and oxygen atoms in total. The van der Waals surface area contributed by atoms with E-state index in [0.29, 0.717) is 0 Å². The third-order valence-electron chi connectivity index (χ3n) is 1.40. The second kappa shape index (κ2) is 6.73. The zero-order valence-electron chi connectivity index (χ0n) is 8.32. The van der Waals surface area contributed by atoms with Gasteiger partial charge in [0.05, 0.1) is 18.9 Å². The minimum atomic E-state index is -0.691. The summed E-state index contributed by atoms with van der Waals surface area (Å²) in [6.45, 7) is 2.75. The lowest BCUT2D eigenvalue weighted by molar-refractivity contribution is -0.117. The van der Waals surface area contributed by atoms with Gasteiger partial charge < -0.3 is 4.74 Å². The maximum Gasteiger partial charge on any atom is 0.413 e. The Balaban J connectivity index is 2.15. The highest BCUT2D eigenvalue weighted by Crippen LogP contribution is 2.21. The van der Waals surface area contributed by atoms with Crippen molar-refractivity contribution in [2.45, 2.75) is 6.92 Å². The average molecular weight is 248 g/mol. The lowest BCUT2D eigenvalue weighted by Gasteiger charge is -2.03. The smallest absolute Gasteiger partial charge is 0.413 e. The first-order valence-corrected chi connectivity index (χ1v) is 6.46. The van der Waals surface area contributed by atoms with Gasteiger partial charge in [-0.25, -0.2) is 4.79 Å². The lowest BCUT2D eigenvalue weighted by Crippen LogP contribution is -2.32. The molecule has 7 heteroatoms. The van der Waals surface area contributed by atoms with E-state index in [2.05, 4.69) is 15.0 Å². The van der Waals surface area contributed by atoms with Gasteiger partial charge in [-0.2, -0.15) is 0 Å². The first kappa shape index (κ1) is 12.4. The summed E-state index contributed by atoms with van der Waals surface area (Å²) in [5.74, 6) is 0.820. The first-order valence-electron chi connectivity index (χ1n) is 4.49. The summed E-state index contributed by atoms with van der Waals surface area (Å²) in [6, 6.07) is 0. The number of imide groups is 1. The number of amides is 2. The maximum atomic E-state index is 11.2. The van der Waals surface area contributed by atoms with E-state index in [4.69, 9.17) is 0 Å². The number of alkyl carbamates (subject to hydrolysis) is 1. The van der Waals surface area contributed by atoms with Gasteiger partial charge in [-0.05, 0) is 6.92 Å². The van der Waals surface area contributed by atoms with E-state index in [-0.39, 0.29) is 18.3 Å². The molecule has 0 atom stereocenters. The lowest BCUT2D eigenvalue weighted by atomic mass is 10.7. The number of hydrogen-bond donors (Lipinski definition) is 1. The number of thioether (sulfide) groups is 2. The van der Waals surface area contributed by atoms with E-state index in [9.17, 15) is 9.59 Å². The zero-order valence-corrected chi connectivity index (χ0v) is 9.95. The van der Waals surface area contributed by atoms with Gasteiger partial charge in [0.15, 0.2) is 0 Å². The molecule has 0 fully saturated rings. The van der Waals surface area contributed by atoms with Crippen molar-refractivity contribution in [2.24, 2.45) is 4.99 Å². The van der Waals surface area contributed by atoms with Gasteiger partial charge in [0.1, 0.15) is 4.38 Å². The van der Waals surface area contributed by atoms with Crippen LogP contribution in [0.5, 0.6) is 0 Å². The van der Waals surface area contributed by atoms with Crippen LogP contribution in [0.15, 0.2) is 4.99 Å². The van der Waals surface area contributed by atoms with Crippen LogP contribution >= 0.6 is 23.5 Å². The van der Waals surface area contributed by atoms with Crippen LogP contribution in [0.2, 0.25) is 0 Å². The molecule has 1 heterocycles. The Morgan fingerprint density at radius 3 is 3.07 bits per heavy atom. The number of rotatable bonds is 3. The van der Waals surface area contributed by atoms with Gasteiger partial charge in [0.25, 0.3) is 0 Å². The number of ether oxygens (including phenoxy) is 1. The van der Waals surface area contributed by atoms with Crippen molar-refractivity contribution >= 4 is 39.9 Å². The van der Waals surface area contributed by atoms with Gasteiger partial charge in [-0.3, -0.25) is 15.1 Å². The molecule has 15 heavy (non-hydrogen) atoms. The second-order valence-corrected chi connectivity index (χ2v) is 4.86. The summed E-state index contributed by atoms with van der Waals surface area (Å²) in [4.78, 5) is 26.2. The van der Waals surface area contributed by atoms with Gasteiger partial charge in [-0.1, -0.05) is 23.5 Å². The molecule has 0 saturated heterocycles. The third kappa shape index (κ3) is 5.08. The molecule has 84 valence electrons. The molecule has 0 saturated carbocycles. The van der Waals surface area contributed by atoms with Crippen molar-refractivity contribution in [1.82, 2.24) is 5.32 Å². The number of carbonyl (C=O) groups excluding carboxylic acids is 2. The Labute approximate surface area is 96.4 Å². The average Bonchev–Trinajstić information content (AvgIpc) is 2.67. The Bertz CT molecular complexity index is 281. The number of carbonyl (C=O) groups is 2. The van der Waals surface area contributed by atoms with Crippen molar-refractivity contribution in [3.8, 4) is 0 Å². The highest BCUT2D eigenvalue weighted by atomic mass is 32.2. The van der Waals surface area contributed by atoms with Crippen molar-refractivity contribution in [3.05, 3.63) is 0 Å². The molecule has 0 radical (unpaired) electrons. The molecule has 0 aliphatic carbocycles. The molecule has 0 aromatic rings. The normalized spacial score (nSPS) is 14.6. The monoisotopic (exact) mass is 248 g/mol. The van der Waals surface area contributed by atoms with Crippen LogP contribution in [0.25, 0.3) is 0 Å². The minimum absolute atomic E-state index is 0.199. The van der Waals surface area contributed by atoms with E-state index in [0.717, 1.165) is 16.7 Å². The number of nitrogens with zero attached hydrogens (tertiary/aromatic N) is 1. The molecule has 0 aromatic heterocycles. The fourth-order valence-corrected chi connectivity index (χ4v) is 2.66. The van der Waals surface area contributed by atoms with Crippen molar-refractivity contribution in [3.63, 3.8) is 0 Å². The largest absolute Gasteiger partial charge is 0.450 e. The molecule has 0 aromatic carbocycles. The van der Waals surface area contributed by atoms with Gasteiger partial charge in [0, 0.05) is 5.75 Å². The van der Waals surface area contributed by atoms with Gasteiger partial charge >= 0.3 is 6.09 Å². The molecule has 1 aliphatic heterocycles. The van der Waals surface area contributed by atoms with Crippen LogP contribution in [-0.2, 0) is 9.53 Å². The summed E-state index contributed by atoms with van der Waals surface area (Å²) < 4.78 is 5.48. The Morgan fingerprint density at radius 2 is 2.47 bits per heavy atom. The number of nitrogens with one attached hydrogen (secondary N) is 1. The van der Waals surface area contributed by atoms with Crippen LogP contribution in [0.4, 0.5) is 4.79 Å². The van der Waals surface area contributed by atoms with Gasteiger partial charge in [-0.15, -0.1) is 0 Å². The predicted octanol–water partition coefficient (Wildman–Crippen LogP) is 1.10. The molecular weight excluding hydrogens is 236 g/mol. The second-order valence-electron chi connectivity index (χ2n) is 2.55. The Morgan fingerprint density at radius 1 is 1.67 bits per heavy atom. The molecule has 1 N–H and O–H groups in total.